The van der Waals surface area contributed by atoms with Gasteiger partial charge < -0.3 is 0 Å². The van der Waals surface area contributed by atoms with Crippen molar-refractivity contribution in [3.8, 4) is 0 Å². The van der Waals surface area contributed by atoms with E-state index < -0.39 is 0 Å². The molecule has 1 aliphatic heterocycles. The molecule has 0 nitrogen and oxygen atoms in total. The molecule has 0 N–H and O–H groups in total. The van der Waals surface area contributed by atoms with Gasteiger partial charge in [-0.2, -0.15) is 30.7 Å². The Kier molecular flexibility index (Phi) is 6.46. The van der Waals surface area contributed by atoms with Gasteiger partial charge in [-0.05, 0) is 98.7 Å². The van der Waals surface area contributed by atoms with E-state index in [1.807, 2.05) is 47.7 Å². The van der Waals surface area contributed by atoms with Gasteiger partial charge in [0, 0.05) is 51.0 Å². The molecule has 1 heteroatoms. The molecule has 0 fully saturated rings. The molecule has 0 saturated heterocycles. The predicted molar refractivity (Wildman–Crippen MR) is 167 cm³/mol. The second-order valence-electron chi connectivity index (χ2n) is 10.1. The number of hydrogen-bond acceptors (Lipinski definition) is 0. The molecule has 1 aliphatic carbocycles. The summed E-state index contributed by atoms with van der Waals surface area (Å²) < 4.78 is 2.70. The molecule has 0 bridgehead atoms. The van der Waals surface area contributed by atoms with Crippen molar-refractivity contribution in [2.24, 2.45) is 0 Å². The van der Waals surface area contributed by atoms with Gasteiger partial charge in [-0.25, -0.2) is 0 Å². The van der Waals surface area contributed by atoms with Crippen molar-refractivity contribution in [3.63, 3.8) is 0 Å². The van der Waals surface area contributed by atoms with Crippen molar-refractivity contribution < 1.29 is 0 Å². The summed E-state index contributed by atoms with van der Waals surface area (Å²) in [5.74, 6) is 0. The standard InChI is InChI=1S/C39H26S/c1-3-7-28(8-4-1)23-30-11-15-32(16-12-30)34-19-21-38-36(25-34)27-37-26-35(20-22-39(37)40-38)33-17-13-31(14-18-33)24-29-9-5-2-6-10-29/h1-22,25-26H,27H2. The molecule has 5 aromatic rings. The lowest BCUT2D eigenvalue weighted by Crippen LogP contribution is -1.98. The average molecular weight is 527 g/mol. The molecular formula is C39H26S. The summed E-state index contributed by atoms with van der Waals surface area (Å²) in [5.41, 5.74) is 8.44. The van der Waals surface area contributed by atoms with Crippen LogP contribution in [0, 0.1) is 36.3 Å². The largest absolute Gasteiger partial charge is 0.171 e. The fourth-order valence-corrected chi connectivity index (χ4v) is 6.22. The van der Waals surface area contributed by atoms with Crippen LogP contribution in [0.5, 0.6) is 0 Å². The first-order valence-corrected chi connectivity index (χ1v) is 14.4. The van der Waals surface area contributed by atoms with Gasteiger partial charge in [-0.1, -0.05) is 29.8 Å². The molecule has 5 aromatic carbocycles. The fourth-order valence-electron chi connectivity index (χ4n) is 5.19. The monoisotopic (exact) mass is 526 g/mol. The van der Waals surface area contributed by atoms with Crippen LogP contribution in [-0.4, -0.2) is 0 Å². The number of fused-ring (bicyclic) bond motifs is 2. The maximum atomic E-state index is 3.47. The van der Waals surface area contributed by atoms with Gasteiger partial charge in [0.1, 0.15) is 10.8 Å². The Bertz CT molecular complexity index is 2270. The number of benzene rings is 5. The molecule has 40 heavy (non-hydrogen) atoms. The molecule has 0 unspecified atom stereocenters. The van der Waals surface area contributed by atoms with E-state index in [9.17, 15) is 0 Å². The summed E-state index contributed by atoms with van der Waals surface area (Å²) in [6.07, 6.45) is 14.7. The van der Waals surface area contributed by atoms with Crippen molar-refractivity contribution in [2.75, 3.05) is 0 Å². The van der Waals surface area contributed by atoms with Crippen LogP contribution in [-0.2, 0) is 6.42 Å². The first-order chi connectivity index (χ1) is 19.8. The molecule has 0 spiro atoms. The van der Waals surface area contributed by atoms with E-state index in [1.54, 1.807) is 0 Å². The molecule has 2 aliphatic rings. The Morgan fingerprint density at radius 1 is 0.600 bits per heavy atom. The van der Waals surface area contributed by atoms with Crippen LogP contribution >= 0.6 is 10.9 Å². The SMILES string of the molecule is C(=C1C=C[CH-]C=C1)=c1ccc(=c2ccc3c(c2)Cc2cc(=c4ccc(=[C+]c5ccccc5)cc4)ccc2=S=3)cc1. The van der Waals surface area contributed by atoms with Crippen LogP contribution in [0.1, 0.15) is 16.7 Å². The zero-order chi connectivity index (χ0) is 26.7. The summed E-state index contributed by atoms with van der Waals surface area (Å²) in [5, 5.41) is 7.16. The lowest BCUT2D eigenvalue weighted by molar-refractivity contribution is 1.15. The first-order valence-electron chi connectivity index (χ1n) is 13.6. The minimum atomic E-state index is 0.945. The van der Waals surface area contributed by atoms with Gasteiger partial charge in [-0.15, -0.1) is 16.7 Å². The summed E-state index contributed by atoms with van der Waals surface area (Å²) in [6, 6.07) is 41.5. The molecule has 0 aromatic heterocycles. The van der Waals surface area contributed by atoms with Gasteiger partial charge in [0.05, 0.1) is 0 Å². The Hall–Kier alpha value is -4.90. The number of rotatable bonds is 1. The summed E-state index contributed by atoms with van der Waals surface area (Å²) in [4.78, 5) is 0. The quantitative estimate of drug-likeness (QED) is 0.154. The van der Waals surface area contributed by atoms with E-state index >= 15 is 0 Å². The van der Waals surface area contributed by atoms with E-state index in [1.165, 1.54) is 41.0 Å². The van der Waals surface area contributed by atoms with Crippen LogP contribution in [0.2, 0.25) is 0 Å². The zero-order valence-electron chi connectivity index (χ0n) is 22.0. The second kappa shape index (κ2) is 10.7. The minimum absolute atomic E-state index is 0.945. The molecule has 1 heterocycles. The topological polar surface area (TPSA) is 0 Å². The van der Waals surface area contributed by atoms with Crippen molar-refractivity contribution in [1.29, 1.82) is 0 Å². The highest BCUT2D eigenvalue weighted by Crippen LogP contribution is 2.20. The lowest BCUT2D eigenvalue weighted by atomic mass is 10.0. The molecular weight excluding hydrogens is 500 g/mol. The maximum absolute atomic E-state index is 3.47. The van der Waals surface area contributed by atoms with Gasteiger partial charge in [0.25, 0.3) is 0 Å². The lowest BCUT2D eigenvalue weighted by Gasteiger charge is -2.08. The molecule has 0 atom stereocenters. The first kappa shape index (κ1) is 24.2. The van der Waals surface area contributed by atoms with Crippen molar-refractivity contribution >= 4 is 22.7 Å². The second-order valence-corrected chi connectivity index (χ2v) is 11.1. The summed E-state index contributed by atoms with van der Waals surface area (Å²) >= 11 is 0. The van der Waals surface area contributed by atoms with Gasteiger partial charge in [-0.3, -0.25) is 0 Å². The number of allylic oxidation sites excluding steroid dienone is 5. The van der Waals surface area contributed by atoms with Crippen LogP contribution in [0.25, 0.3) is 11.8 Å². The van der Waals surface area contributed by atoms with Crippen LogP contribution < -0.4 is 10.4 Å². The molecule has 0 saturated carbocycles. The van der Waals surface area contributed by atoms with Gasteiger partial charge in [0.15, 0.2) is 0 Å². The van der Waals surface area contributed by atoms with Crippen LogP contribution in [0.3, 0.4) is 0 Å². The van der Waals surface area contributed by atoms with Crippen molar-refractivity contribution in [1.82, 2.24) is 0 Å². The molecule has 7 rings (SSSR count). The van der Waals surface area contributed by atoms with Gasteiger partial charge in [0.2, 0.25) is 0 Å². The third-order valence-corrected chi connectivity index (χ3v) is 8.52. The van der Waals surface area contributed by atoms with Crippen molar-refractivity contribution in [2.45, 2.75) is 6.42 Å². The Balaban J connectivity index is 1.27. The van der Waals surface area contributed by atoms with E-state index in [2.05, 4.69) is 121 Å². The van der Waals surface area contributed by atoms with Crippen LogP contribution in [0.15, 0.2) is 145 Å². The fraction of sp³-hybridized carbons (Fsp3) is 0.0256. The highest BCUT2D eigenvalue weighted by molar-refractivity contribution is 7.83. The maximum Gasteiger partial charge on any atom is 0.122 e. The van der Waals surface area contributed by atoms with E-state index in [0.29, 0.717) is 0 Å². The summed E-state index contributed by atoms with van der Waals surface area (Å²) in [7, 11) is 1.88. The number of hydrogen-bond donors (Lipinski definition) is 0. The highest BCUT2D eigenvalue weighted by Gasteiger charge is 2.06. The third kappa shape index (κ3) is 5.19. The Morgan fingerprint density at radius 2 is 1.18 bits per heavy atom. The molecule has 188 valence electrons. The minimum Gasteiger partial charge on any atom is -0.171 e. The zero-order valence-corrected chi connectivity index (χ0v) is 22.8. The normalized spacial score (nSPS) is 12.8. The summed E-state index contributed by atoms with van der Waals surface area (Å²) in [6.45, 7) is 0. The van der Waals surface area contributed by atoms with Gasteiger partial charge >= 0.3 is 0 Å². The van der Waals surface area contributed by atoms with Crippen molar-refractivity contribution in [3.05, 3.63) is 209 Å². The average Bonchev–Trinajstić information content (AvgIpc) is 3.01. The van der Waals surface area contributed by atoms with Crippen LogP contribution in [0.4, 0.5) is 0 Å². The van der Waals surface area contributed by atoms with E-state index in [0.717, 1.165) is 28.0 Å². The third-order valence-electron chi connectivity index (χ3n) is 7.28. The van der Waals surface area contributed by atoms with E-state index in [4.69, 9.17) is 0 Å². The predicted octanol–water partition coefficient (Wildman–Crippen LogP) is 7.44. The molecule has 0 amide bonds. The van der Waals surface area contributed by atoms with E-state index in [-0.39, 0.29) is 0 Å². The smallest absolute Gasteiger partial charge is 0.122 e. The highest BCUT2D eigenvalue weighted by atomic mass is 32.1. The molecule has 0 radical (unpaired) electrons. The Labute approximate surface area is 237 Å². The Morgan fingerprint density at radius 3 is 1.80 bits per heavy atom.